The number of hydrogen-bond donors (Lipinski definition) is 1. The van der Waals surface area contributed by atoms with Gasteiger partial charge in [0.15, 0.2) is 0 Å². The van der Waals surface area contributed by atoms with Crippen molar-refractivity contribution in [2.75, 3.05) is 33.0 Å². The lowest BCUT2D eigenvalue weighted by Gasteiger charge is -2.36. The average molecular weight is 285 g/mol. The Morgan fingerprint density at radius 1 is 1.24 bits per heavy atom. The first-order valence-corrected chi connectivity index (χ1v) is 6.92. The number of ether oxygens (including phenoxy) is 2. The highest BCUT2D eigenvalue weighted by Gasteiger charge is 2.25. The molecular formula is C16H19N3O2. The van der Waals surface area contributed by atoms with E-state index in [1.54, 1.807) is 13.2 Å². The van der Waals surface area contributed by atoms with Gasteiger partial charge in [0.05, 0.1) is 12.8 Å². The van der Waals surface area contributed by atoms with Crippen molar-refractivity contribution >= 4 is 5.82 Å². The lowest BCUT2D eigenvalue weighted by molar-refractivity contribution is 0.0387. The van der Waals surface area contributed by atoms with Crippen LogP contribution in [-0.4, -0.2) is 43.2 Å². The first-order valence-electron chi connectivity index (χ1n) is 6.92. The van der Waals surface area contributed by atoms with E-state index in [-0.39, 0.29) is 6.10 Å². The molecule has 1 aromatic carbocycles. The predicted molar refractivity (Wildman–Crippen MR) is 82.6 cm³/mol. The normalized spacial score (nSPS) is 15.5. The van der Waals surface area contributed by atoms with Crippen molar-refractivity contribution in [3.63, 3.8) is 0 Å². The Kier molecular flexibility index (Phi) is 3.66. The number of hydrogen-bond acceptors (Lipinski definition) is 5. The van der Waals surface area contributed by atoms with Crippen LogP contribution in [0.5, 0.6) is 11.5 Å². The molecule has 5 heteroatoms. The molecule has 5 nitrogen and oxygen atoms in total. The lowest BCUT2D eigenvalue weighted by atomic mass is 10.1. The van der Waals surface area contributed by atoms with Crippen LogP contribution in [0, 0.1) is 0 Å². The van der Waals surface area contributed by atoms with Crippen molar-refractivity contribution in [2.24, 2.45) is 0 Å². The van der Waals surface area contributed by atoms with Crippen LogP contribution in [0.15, 0.2) is 36.4 Å². The van der Waals surface area contributed by atoms with Crippen LogP contribution in [0.25, 0.3) is 11.3 Å². The second kappa shape index (κ2) is 5.61. The Balaban J connectivity index is 1.85. The van der Waals surface area contributed by atoms with Crippen LogP contribution in [0.2, 0.25) is 0 Å². The molecule has 2 N–H and O–H groups in total. The van der Waals surface area contributed by atoms with E-state index < -0.39 is 0 Å². The molecule has 1 saturated heterocycles. The van der Waals surface area contributed by atoms with E-state index in [9.17, 15) is 0 Å². The van der Waals surface area contributed by atoms with Gasteiger partial charge in [-0.3, -0.25) is 4.90 Å². The van der Waals surface area contributed by atoms with Crippen molar-refractivity contribution in [2.45, 2.75) is 6.10 Å². The van der Waals surface area contributed by atoms with Crippen molar-refractivity contribution in [3.05, 3.63) is 36.4 Å². The minimum Gasteiger partial charge on any atom is -0.496 e. The molecule has 2 heterocycles. The Morgan fingerprint density at radius 3 is 2.71 bits per heavy atom. The van der Waals surface area contributed by atoms with Crippen LogP contribution in [0.1, 0.15) is 0 Å². The van der Waals surface area contributed by atoms with Gasteiger partial charge in [-0.25, -0.2) is 4.98 Å². The molecule has 0 bridgehead atoms. The fourth-order valence-corrected chi connectivity index (χ4v) is 2.47. The lowest BCUT2D eigenvalue weighted by Crippen LogP contribution is -2.51. The van der Waals surface area contributed by atoms with E-state index in [1.165, 1.54) is 0 Å². The predicted octanol–water partition coefficient (Wildman–Crippen LogP) is 2.03. The molecule has 3 rings (SSSR count). The summed E-state index contributed by atoms with van der Waals surface area (Å²) in [4.78, 5) is 6.55. The number of methoxy groups -OCH3 is 1. The molecule has 0 atom stereocenters. The zero-order valence-electron chi connectivity index (χ0n) is 12.2. The highest BCUT2D eigenvalue weighted by atomic mass is 16.5. The van der Waals surface area contributed by atoms with Crippen molar-refractivity contribution in [1.82, 2.24) is 9.88 Å². The van der Waals surface area contributed by atoms with E-state index in [1.807, 2.05) is 30.3 Å². The molecule has 0 radical (unpaired) electrons. The van der Waals surface area contributed by atoms with Gasteiger partial charge in [0, 0.05) is 24.7 Å². The summed E-state index contributed by atoms with van der Waals surface area (Å²) in [7, 11) is 3.72. The monoisotopic (exact) mass is 285 g/mol. The molecular weight excluding hydrogens is 266 g/mol. The molecule has 0 unspecified atom stereocenters. The topological polar surface area (TPSA) is 60.6 Å². The van der Waals surface area contributed by atoms with Gasteiger partial charge < -0.3 is 15.2 Å². The number of pyridine rings is 1. The molecule has 2 aromatic rings. The van der Waals surface area contributed by atoms with Crippen LogP contribution in [0.3, 0.4) is 0 Å². The maximum absolute atomic E-state index is 5.91. The van der Waals surface area contributed by atoms with E-state index in [0.29, 0.717) is 5.82 Å². The van der Waals surface area contributed by atoms with E-state index in [4.69, 9.17) is 15.2 Å². The van der Waals surface area contributed by atoms with Gasteiger partial charge in [-0.1, -0.05) is 6.07 Å². The van der Waals surface area contributed by atoms with Gasteiger partial charge in [0.2, 0.25) is 0 Å². The molecule has 0 spiro atoms. The summed E-state index contributed by atoms with van der Waals surface area (Å²) < 4.78 is 11.4. The maximum Gasteiger partial charge on any atom is 0.131 e. The van der Waals surface area contributed by atoms with Crippen molar-refractivity contribution in [3.8, 4) is 22.8 Å². The first-order chi connectivity index (χ1) is 10.2. The third-order valence-electron chi connectivity index (χ3n) is 3.55. The summed E-state index contributed by atoms with van der Waals surface area (Å²) in [6, 6.07) is 11.4. The summed E-state index contributed by atoms with van der Waals surface area (Å²) >= 11 is 0. The molecule has 0 amide bonds. The zero-order chi connectivity index (χ0) is 14.8. The van der Waals surface area contributed by atoms with Crippen molar-refractivity contribution < 1.29 is 9.47 Å². The number of nitrogen functional groups attached to an aromatic ring is 1. The second-order valence-electron chi connectivity index (χ2n) is 5.27. The third-order valence-corrected chi connectivity index (χ3v) is 3.55. The quantitative estimate of drug-likeness (QED) is 0.931. The van der Waals surface area contributed by atoms with Crippen LogP contribution >= 0.6 is 0 Å². The van der Waals surface area contributed by atoms with Gasteiger partial charge >= 0.3 is 0 Å². The number of likely N-dealkylation sites (N-methyl/N-ethyl adjacent to an activating group) is 1. The standard InChI is InChI=1S/C16H19N3O2/c1-19-9-12(10-19)21-11-6-7-13(15(8-11)20-2)14-4-3-5-16(17)18-14/h3-8,12H,9-10H2,1-2H3,(H2,17,18). The third kappa shape index (κ3) is 2.92. The molecule has 1 fully saturated rings. The SMILES string of the molecule is COc1cc(OC2CN(C)C2)ccc1-c1cccc(N)n1. The van der Waals surface area contributed by atoms with Crippen LogP contribution < -0.4 is 15.2 Å². The number of aromatic nitrogens is 1. The fourth-order valence-electron chi connectivity index (χ4n) is 2.47. The van der Waals surface area contributed by atoms with Gasteiger partial charge in [0.25, 0.3) is 0 Å². The number of nitrogens with two attached hydrogens (primary N) is 1. The van der Waals surface area contributed by atoms with E-state index >= 15 is 0 Å². The highest BCUT2D eigenvalue weighted by molar-refractivity contribution is 5.69. The largest absolute Gasteiger partial charge is 0.496 e. The smallest absolute Gasteiger partial charge is 0.131 e. The van der Waals surface area contributed by atoms with E-state index in [2.05, 4.69) is 16.9 Å². The van der Waals surface area contributed by atoms with Crippen molar-refractivity contribution in [1.29, 1.82) is 0 Å². The Morgan fingerprint density at radius 2 is 2.05 bits per heavy atom. The van der Waals surface area contributed by atoms with Crippen LogP contribution in [0.4, 0.5) is 5.82 Å². The molecule has 1 aliphatic heterocycles. The number of benzene rings is 1. The average Bonchev–Trinajstić information content (AvgIpc) is 2.45. The van der Waals surface area contributed by atoms with Gasteiger partial charge in [-0.2, -0.15) is 0 Å². The Bertz CT molecular complexity index is 639. The molecule has 1 aromatic heterocycles. The maximum atomic E-state index is 5.91. The number of rotatable bonds is 4. The number of nitrogens with zero attached hydrogens (tertiary/aromatic N) is 2. The van der Waals surface area contributed by atoms with Gasteiger partial charge in [-0.05, 0) is 31.3 Å². The summed E-state index contributed by atoms with van der Waals surface area (Å²) in [6.07, 6.45) is 0.260. The van der Waals surface area contributed by atoms with Crippen LogP contribution in [-0.2, 0) is 0 Å². The molecule has 21 heavy (non-hydrogen) atoms. The highest BCUT2D eigenvalue weighted by Crippen LogP contribution is 2.33. The summed E-state index contributed by atoms with van der Waals surface area (Å²) in [5.74, 6) is 2.04. The molecule has 0 saturated carbocycles. The number of likely N-dealkylation sites (tertiary alicyclic amines) is 1. The minimum atomic E-state index is 0.260. The Hall–Kier alpha value is -2.27. The second-order valence-corrected chi connectivity index (χ2v) is 5.27. The zero-order valence-corrected chi connectivity index (χ0v) is 12.2. The first kappa shape index (κ1) is 13.7. The fraction of sp³-hybridized carbons (Fsp3) is 0.312. The number of anilines is 1. The molecule has 110 valence electrons. The molecule has 0 aliphatic carbocycles. The minimum absolute atomic E-state index is 0.260. The van der Waals surface area contributed by atoms with Gasteiger partial charge in [-0.15, -0.1) is 0 Å². The summed E-state index contributed by atoms with van der Waals surface area (Å²) in [5, 5.41) is 0. The Labute approximate surface area is 124 Å². The van der Waals surface area contributed by atoms with E-state index in [0.717, 1.165) is 35.8 Å². The summed E-state index contributed by atoms with van der Waals surface area (Å²) in [5.41, 5.74) is 7.44. The van der Waals surface area contributed by atoms with Gasteiger partial charge in [0.1, 0.15) is 23.4 Å². The molecule has 1 aliphatic rings. The summed E-state index contributed by atoms with van der Waals surface area (Å²) in [6.45, 7) is 1.92.